The number of halogens is 1. The summed E-state index contributed by atoms with van der Waals surface area (Å²) in [5.41, 5.74) is 0.0622. The van der Waals surface area contributed by atoms with Crippen LogP contribution in [-0.2, 0) is 14.3 Å². The van der Waals surface area contributed by atoms with Gasteiger partial charge in [0.2, 0.25) is 11.8 Å². The lowest BCUT2D eigenvalue weighted by Gasteiger charge is -2.06. The van der Waals surface area contributed by atoms with E-state index in [-0.39, 0.29) is 12.1 Å². The van der Waals surface area contributed by atoms with Crippen LogP contribution in [0.2, 0.25) is 0 Å². The van der Waals surface area contributed by atoms with Gasteiger partial charge in [-0.3, -0.25) is 9.59 Å². The normalized spacial score (nSPS) is 9.89. The molecule has 0 aliphatic heterocycles. The van der Waals surface area contributed by atoms with Gasteiger partial charge in [-0.1, -0.05) is 12.1 Å². The van der Waals surface area contributed by atoms with E-state index in [4.69, 9.17) is 4.74 Å². The van der Waals surface area contributed by atoms with Crippen LogP contribution < -0.4 is 10.6 Å². The van der Waals surface area contributed by atoms with Crippen molar-refractivity contribution in [2.24, 2.45) is 0 Å². The summed E-state index contributed by atoms with van der Waals surface area (Å²) in [7, 11) is 1.51. The first-order valence-corrected chi connectivity index (χ1v) is 5.43. The van der Waals surface area contributed by atoms with E-state index in [0.29, 0.717) is 13.2 Å². The van der Waals surface area contributed by atoms with E-state index >= 15 is 0 Å². The molecule has 0 aromatic heterocycles. The van der Waals surface area contributed by atoms with E-state index in [1.165, 1.54) is 25.3 Å². The molecule has 2 amide bonds. The number of anilines is 1. The van der Waals surface area contributed by atoms with Gasteiger partial charge in [-0.2, -0.15) is 0 Å². The molecule has 0 bridgehead atoms. The number of benzene rings is 1. The summed E-state index contributed by atoms with van der Waals surface area (Å²) >= 11 is 0. The van der Waals surface area contributed by atoms with Crippen LogP contribution in [0.5, 0.6) is 0 Å². The number of carbonyl (C=O) groups is 2. The van der Waals surface area contributed by atoms with Gasteiger partial charge in [0.05, 0.1) is 12.3 Å². The average molecular weight is 254 g/mol. The molecule has 0 saturated carbocycles. The molecule has 0 atom stereocenters. The number of methoxy groups -OCH3 is 1. The molecule has 1 aromatic rings. The zero-order valence-corrected chi connectivity index (χ0v) is 10.0. The minimum atomic E-state index is -0.560. The van der Waals surface area contributed by atoms with Crippen molar-refractivity contribution in [2.75, 3.05) is 25.6 Å². The Balaban J connectivity index is 2.38. The summed E-state index contributed by atoms with van der Waals surface area (Å²) in [4.78, 5) is 22.7. The molecule has 0 saturated heterocycles. The highest BCUT2D eigenvalue weighted by atomic mass is 19.1. The van der Waals surface area contributed by atoms with Crippen LogP contribution in [0.4, 0.5) is 10.1 Å². The molecular formula is C12H15FN2O3. The summed E-state index contributed by atoms with van der Waals surface area (Å²) in [6.45, 7) is 0.711. The van der Waals surface area contributed by atoms with E-state index in [0.717, 1.165) is 0 Å². The smallest absolute Gasteiger partial charge is 0.233 e. The molecule has 0 fully saturated rings. The summed E-state index contributed by atoms with van der Waals surface area (Å²) in [6, 6.07) is 5.77. The van der Waals surface area contributed by atoms with Crippen molar-refractivity contribution in [2.45, 2.75) is 6.42 Å². The van der Waals surface area contributed by atoms with E-state index < -0.39 is 17.6 Å². The van der Waals surface area contributed by atoms with Crippen LogP contribution in [0.25, 0.3) is 0 Å². The number of hydrogen-bond acceptors (Lipinski definition) is 3. The lowest BCUT2D eigenvalue weighted by Crippen LogP contribution is -2.30. The third kappa shape index (κ3) is 4.92. The molecule has 98 valence electrons. The average Bonchev–Trinajstić information content (AvgIpc) is 2.32. The fourth-order valence-electron chi connectivity index (χ4n) is 1.26. The number of nitrogens with one attached hydrogen (secondary N) is 2. The molecule has 0 unspecified atom stereocenters. The monoisotopic (exact) mass is 254 g/mol. The molecule has 18 heavy (non-hydrogen) atoms. The number of para-hydroxylation sites is 1. The van der Waals surface area contributed by atoms with Gasteiger partial charge in [0.25, 0.3) is 0 Å². The molecule has 0 aliphatic carbocycles. The Bertz CT molecular complexity index is 424. The number of amides is 2. The van der Waals surface area contributed by atoms with Crippen molar-refractivity contribution in [3.05, 3.63) is 30.1 Å². The Kier molecular flexibility index (Phi) is 5.79. The maximum absolute atomic E-state index is 13.2. The van der Waals surface area contributed by atoms with Gasteiger partial charge >= 0.3 is 0 Å². The second kappa shape index (κ2) is 7.39. The minimum Gasteiger partial charge on any atom is -0.383 e. The van der Waals surface area contributed by atoms with Crippen LogP contribution in [0.3, 0.4) is 0 Å². The lowest BCUT2D eigenvalue weighted by atomic mass is 10.3. The van der Waals surface area contributed by atoms with Crippen molar-refractivity contribution in [3.8, 4) is 0 Å². The first-order valence-electron chi connectivity index (χ1n) is 5.43. The first-order chi connectivity index (χ1) is 8.63. The van der Waals surface area contributed by atoms with Gasteiger partial charge in [0.1, 0.15) is 12.2 Å². The van der Waals surface area contributed by atoms with Gasteiger partial charge in [0, 0.05) is 13.7 Å². The molecule has 1 rings (SSSR count). The number of rotatable bonds is 6. The fourth-order valence-corrected chi connectivity index (χ4v) is 1.26. The first kappa shape index (κ1) is 14.1. The Labute approximate surface area is 104 Å². The Morgan fingerprint density at radius 1 is 1.28 bits per heavy atom. The second-order valence-electron chi connectivity index (χ2n) is 3.55. The van der Waals surface area contributed by atoms with Crippen LogP contribution in [0, 0.1) is 5.82 Å². The molecule has 2 N–H and O–H groups in total. The van der Waals surface area contributed by atoms with Crippen molar-refractivity contribution in [1.29, 1.82) is 0 Å². The SMILES string of the molecule is COCCNC(=O)CC(=O)Nc1ccccc1F. The van der Waals surface area contributed by atoms with Crippen molar-refractivity contribution >= 4 is 17.5 Å². The molecule has 0 radical (unpaired) electrons. The molecule has 6 heteroatoms. The Hall–Kier alpha value is -1.95. The second-order valence-corrected chi connectivity index (χ2v) is 3.55. The highest BCUT2D eigenvalue weighted by Crippen LogP contribution is 2.12. The van der Waals surface area contributed by atoms with Crippen molar-refractivity contribution < 1.29 is 18.7 Å². The summed E-state index contributed by atoms with van der Waals surface area (Å²) in [5.74, 6) is -1.53. The van der Waals surface area contributed by atoms with E-state index in [1.54, 1.807) is 6.07 Å². The molecule has 0 aliphatic rings. The van der Waals surface area contributed by atoms with Gasteiger partial charge < -0.3 is 15.4 Å². The molecule has 0 spiro atoms. The quantitative estimate of drug-likeness (QED) is 0.586. The van der Waals surface area contributed by atoms with Crippen LogP contribution in [0.1, 0.15) is 6.42 Å². The lowest BCUT2D eigenvalue weighted by molar-refractivity contribution is -0.126. The minimum absolute atomic E-state index is 0.0622. The summed E-state index contributed by atoms with van der Waals surface area (Å²) < 4.78 is 17.9. The molecule has 0 heterocycles. The summed E-state index contributed by atoms with van der Waals surface area (Å²) in [5, 5.41) is 4.82. The number of ether oxygens (including phenoxy) is 1. The van der Waals surface area contributed by atoms with Gasteiger partial charge in [-0.05, 0) is 12.1 Å². The van der Waals surface area contributed by atoms with Crippen LogP contribution in [0.15, 0.2) is 24.3 Å². The third-order valence-electron chi connectivity index (χ3n) is 2.10. The van der Waals surface area contributed by atoms with Crippen LogP contribution >= 0.6 is 0 Å². The van der Waals surface area contributed by atoms with Crippen molar-refractivity contribution in [1.82, 2.24) is 5.32 Å². The highest BCUT2D eigenvalue weighted by molar-refractivity contribution is 6.03. The zero-order chi connectivity index (χ0) is 13.4. The fraction of sp³-hybridized carbons (Fsp3) is 0.333. The maximum atomic E-state index is 13.2. The third-order valence-corrected chi connectivity index (χ3v) is 2.10. The van der Waals surface area contributed by atoms with E-state index in [9.17, 15) is 14.0 Å². The Morgan fingerprint density at radius 2 is 2.00 bits per heavy atom. The van der Waals surface area contributed by atoms with Crippen LogP contribution in [-0.4, -0.2) is 32.1 Å². The van der Waals surface area contributed by atoms with Gasteiger partial charge in [0.15, 0.2) is 0 Å². The van der Waals surface area contributed by atoms with E-state index in [2.05, 4.69) is 10.6 Å². The predicted molar refractivity (Wildman–Crippen MR) is 64.5 cm³/mol. The zero-order valence-electron chi connectivity index (χ0n) is 10.0. The molecule has 1 aromatic carbocycles. The number of carbonyl (C=O) groups excluding carboxylic acids is 2. The highest BCUT2D eigenvalue weighted by Gasteiger charge is 2.10. The standard InChI is InChI=1S/C12H15FN2O3/c1-18-7-6-14-11(16)8-12(17)15-10-5-3-2-4-9(10)13/h2-5H,6-8H2,1H3,(H,14,16)(H,15,17). The van der Waals surface area contributed by atoms with Gasteiger partial charge in [-0.15, -0.1) is 0 Å². The molecule has 5 nitrogen and oxygen atoms in total. The number of hydrogen-bond donors (Lipinski definition) is 2. The molecular weight excluding hydrogens is 239 g/mol. The summed E-state index contributed by atoms with van der Waals surface area (Å²) in [6.07, 6.45) is -0.349. The topological polar surface area (TPSA) is 67.4 Å². The Morgan fingerprint density at radius 3 is 2.67 bits per heavy atom. The maximum Gasteiger partial charge on any atom is 0.233 e. The predicted octanol–water partition coefficient (Wildman–Crippen LogP) is 0.917. The van der Waals surface area contributed by atoms with E-state index in [1.807, 2.05) is 0 Å². The largest absolute Gasteiger partial charge is 0.383 e. The van der Waals surface area contributed by atoms with Gasteiger partial charge in [-0.25, -0.2) is 4.39 Å². The van der Waals surface area contributed by atoms with Crippen molar-refractivity contribution in [3.63, 3.8) is 0 Å².